The molecule has 0 radical (unpaired) electrons. The van der Waals surface area contributed by atoms with Gasteiger partial charge < -0.3 is 5.32 Å². The summed E-state index contributed by atoms with van der Waals surface area (Å²) >= 11 is 1.13. The van der Waals surface area contributed by atoms with Gasteiger partial charge in [-0.1, -0.05) is 47.2 Å². The Balaban J connectivity index is 1.65. The van der Waals surface area contributed by atoms with Crippen molar-refractivity contribution >= 4 is 34.0 Å². The Morgan fingerprint density at radius 2 is 1.62 bits per heavy atom. The van der Waals surface area contributed by atoms with Gasteiger partial charge in [-0.25, -0.2) is 4.98 Å². The van der Waals surface area contributed by atoms with Crippen LogP contribution in [0.25, 0.3) is 0 Å². The second kappa shape index (κ2) is 7.06. The summed E-state index contributed by atoms with van der Waals surface area (Å²) in [4.78, 5) is 28.8. The van der Waals surface area contributed by atoms with Gasteiger partial charge in [-0.15, -0.1) is 0 Å². The van der Waals surface area contributed by atoms with Crippen LogP contribution in [0.3, 0.4) is 0 Å². The number of nitrogens with one attached hydrogen (secondary N) is 2. The number of aromatic nitrogens is 1. The monoisotopic (exact) mass is 337 g/mol. The maximum atomic E-state index is 12.2. The Morgan fingerprint density at radius 3 is 2.33 bits per heavy atom. The Bertz CT molecular complexity index is 857. The zero-order chi connectivity index (χ0) is 16.9. The Kier molecular flexibility index (Phi) is 4.67. The average molecular weight is 337 g/mol. The fraction of sp³-hybridized carbons (Fsp3) is 0.0556. The maximum Gasteiger partial charge on any atom is 0.267 e. The highest BCUT2D eigenvalue weighted by Gasteiger charge is 2.13. The molecular weight excluding hydrogens is 322 g/mol. The second-order valence-electron chi connectivity index (χ2n) is 5.17. The average Bonchev–Trinajstić information content (AvgIpc) is 3.06. The number of hydrogen-bond acceptors (Lipinski definition) is 4. The van der Waals surface area contributed by atoms with Crippen molar-refractivity contribution in [1.29, 1.82) is 0 Å². The van der Waals surface area contributed by atoms with Crippen molar-refractivity contribution in [2.45, 2.75) is 6.92 Å². The van der Waals surface area contributed by atoms with Crippen LogP contribution in [0.2, 0.25) is 0 Å². The van der Waals surface area contributed by atoms with E-state index in [0.29, 0.717) is 21.3 Å². The Labute approximate surface area is 143 Å². The lowest BCUT2D eigenvalue weighted by molar-refractivity contribution is 0.102. The van der Waals surface area contributed by atoms with Crippen LogP contribution in [0, 0.1) is 6.92 Å². The molecule has 0 aliphatic carbocycles. The standard InChI is InChI=1S/C18H15N3O2S/c1-12-7-9-14(10-8-12)20-17(23)15-11-19-18(24-15)21-16(22)13-5-3-2-4-6-13/h2-11H,1H3,(H,20,23)(H,19,21,22). The highest BCUT2D eigenvalue weighted by molar-refractivity contribution is 7.17. The Hall–Kier alpha value is -2.99. The van der Waals surface area contributed by atoms with Gasteiger partial charge in [0.05, 0.1) is 6.20 Å². The number of carbonyl (C=O) groups excluding carboxylic acids is 2. The fourth-order valence-electron chi connectivity index (χ4n) is 2.03. The summed E-state index contributed by atoms with van der Waals surface area (Å²) in [5, 5.41) is 5.88. The fourth-order valence-corrected chi connectivity index (χ4v) is 2.73. The van der Waals surface area contributed by atoms with E-state index in [1.54, 1.807) is 24.3 Å². The third-order valence-electron chi connectivity index (χ3n) is 3.30. The summed E-state index contributed by atoms with van der Waals surface area (Å²) < 4.78 is 0. The predicted molar refractivity (Wildman–Crippen MR) is 95.6 cm³/mol. The third-order valence-corrected chi connectivity index (χ3v) is 4.21. The molecule has 5 nitrogen and oxygen atoms in total. The van der Waals surface area contributed by atoms with Crippen molar-refractivity contribution < 1.29 is 9.59 Å². The minimum atomic E-state index is -0.254. The predicted octanol–water partition coefficient (Wildman–Crippen LogP) is 3.96. The van der Waals surface area contributed by atoms with Crippen LogP contribution in [0.5, 0.6) is 0 Å². The zero-order valence-electron chi connectivity index (χ0n) is 12.9. The van der Waals surface area contributed by atoms with Crippen LogP contribution in [-0.4, -0.2) is 16.8 Å². The van der Waals surface area contributed by atoms with Crippen LogP contribution in [-0.2, 0) is 0 Å². The molecule has 0 aliphatic heterocycles. The van der Waals surface area contributed by atoms with E-state index in [9.17, 15) is 9.59 Å². The van der Waals surface area contributed by atoms with Gasteiger partial charge >= 0.3 is 0 Å². The topological polar surface area (TPSA) is 71.1 Å². The number of rotatable bonds is 4. The van der Waals surface area contributed by atoms with E-state index < -0.39 is 0 Å². The summed E-state index contributed by atoms with van der Waals surface area (Å²) in [5.74, 6) is -0.507. The van der Waals surface area contributed by atoms with Crippen LogP contribution in [0.1, 0.15) is 25.6 Å². The number of nitrogens with zero attached hydrogens (tertiary/aromatic N) is 1. The molecule has 3 aromatic rings. The second-order valence-corrected chi connectivity index (χ2v) is 6.20. The van der Waals surface area contributed by atoms with Crippen molar-refractivity contribution in [2.24, 2.45) is 0 Å². The van der Waals surface area contributed by atoms with E-state index in [1.807, 2.05) is 37.3 Å². The summed E-state index contributed by atoms with van der Waals surface area (Å²) in [7, 11) is 0. The van der Waals surface area contributed by atoms with E-state index in [1.165, 1.54) is 6.20 Å². The van der Waals surface area contributed by atoms with Gasteiger partial charge in [0.25, 0.3) is 11.8 Å². The van der Waals surface area contributed by atoms with E-state index in [0.717, 1.165) is 16.9 Å². The van der Waals surface area contributed by atoms with E-state index in [2.05, 4.69) is 15.6 Å². The molecule has 0 bridgehead atoms. The van der Waals surface area contributed by atoms with Gasteiger partial charge in [-0.05, 0) is 31.2 Å². The van der Waals surface area contributed by atoms with Crippen molar-refractivity contribution in [1.82, 2.24) is 4.98 Å². The summed E-state index contributed by atoms with van der Waals surface area (Å²) in [6.45, 7) is 1.98. The van der Waals surface area contributed by atoms with Crippen LogP contribution in [0.4, 0.5) is 10.8 Å². The number of aryl methyl sites for hydroxylation is 1. The summed E-state index contributed by atoms with van der Waals surface area (Å²) in [6, 6.07) is 16.4. The normalized spacial score (nSPS) is 10.2. The number of amides is 2. The first-order valence-corrected chi connectivity index (χ1v) is 8.14. The smallest absolute Gasteiger partial charge is 0.267 e. The van der Waals surface area contributed by atoms with E-state index in [4.69, 9.17) is 0 Å². The van der Waals surface area contributed by atoms with Crippen LogP contribution >= 0.6 is 11.3 Å². The molecular formula is C18H15N3O2S. The zero-order valence-corrected chi connectivity index (χ0v) is 13.8. The lowest BCUT2D eigenvalue weighted by Gasteiger charge is -2.03. The number of carbonyl (C=O) groups is 2. The Morgan fingerprint density at radius 1 is 0.917 bits per heavy atom. The third kappa shape index (κ3) is 3.85. The SMILES string of the molecule is Cc1ccc(NC(=O)c2cnc(NC(=O)c3ccccc3)s2)cc1. The minimum Gasteiger partial charge on any atom is -0.321 e. The lowest BCUT2D eigenvalue weighted by atomic mass is 10.2. The van der Waals surface area contributed by atoms with Crippen molar-refractivity contribution in [2.75, 3.05) is 10.6 Å². The van der Waals surface area contributed by atoms with Gasteiger partial charge in [0.15, 0.2) is 5.13 Å². The first kappa shape index (κ1) is 15.9. The number of thiazole rings is 1. The molecule has 0 aliphatic rings. The molecule has 1 heterocycles. The quantitative estimate of drug-likeness (QED) is 0.757. The largest absolute Gasteiger partial charge is 0.321 e. The molecule has 24 heavy (non-hydrogen) atoms. The molecule has 1 aromatic heterocycles. The van der Waals surface area contributed by atoms with E-state index in [-0.39, 0.29) is 11.8 Å². The van der Waals surface area contributed by atoms with Gasteiger partial charge in [-0.3, -0.25) is 14.9 Å². The number of hydrogen-bond donors (Lipinski definition) is 2. The molecule has 3 rings (SSSR count). The van der Waals surface area contributed by atoms with Crippen molar-refractivity contribution in [3.8, 4) is 0 Å². The highest BCUT2D eigenvalue weighted by atomic mass is 32.1. The molecule has 0 fully saturated rings. The molecule has 0 saturated heterocycles. The van der Waals surface area contributed by atoms with Crippen molar-refractivity contribution in [3.05, 3.63) is 76.8 Å². The minimum absolute atomic E-state index is 0.253. The molecule has 2 aromatic carbocycles. The molecule has 2 N–H and O–H groups in total. The highest BCUT2D eigenvalue weighted by Crippen LogP contribution is 2.20. The molecule has 0 unspecified atom stereocenters. The maximum absolute atomic E-state index is 12.2. The van der Waals surface area contributed by atoms with Crippen LogP contribution in [0.15, 0.2) is 60.8 Å². The van der Waals surface area contributed by atoms with Crippen molar-refractivity contribution in [3.63, 3.8) is 0 Å². The summed E-state index contributed by atoms with van der Waals surface area (Å²) in [5.41, 5.74) is 2.38. The van der Waals surface area contributed by atoms with Gasteiger partial charge in [-0.2, -0.15) is 0 Å². The molecule has 0 saturated carbocycles. The molecule has 6 heteroatoms. The summed E-state index contributed by atoms with van der Waals surface area (Å²) in [6.07, 6.45) is 1.45. The van der Waals surface area contributed by atoms with E-state index >= 15 is 0 Å². The molecule has 0 atom stereocenters. The van der Waals surface area contributed by atoms with Gasteiger partial charge in [0.2, 0.25) is 0 Å². The first-order valence-electron chi connectivity index (χ1n) is 7.32. The molecule has 2 amide bonds. The number of benzene rings is 2. The van der Waals surface area contributed by atoms with Gasteiger partial charge in [0, 0.05) is 11.3 Å². The first-order chi connectivity index (χ1) is 11.6. The van der Waals surface area contributed by atoms with Crippen LogP contribution < -0.4 is 10.6 Å². The molecule has 0 spiro atoms. The van der Waals surface area contributed by atoms with Gasteiger partial charge in [0.1, 0.15) is 4.88 Å². The lowest BCUT2D eigenvalue weighted by Crippen LogP contribution is -2.11. The molecule has 120 valence electrons. The number of anilines is 2.